The molecule has 2 aromatic rings. The van der Waals surface area contributed by atoms with E-state index in [0.29, 0.717) is 5.56 Å². The van der Waals surface area contributed by atoms with Gasteiger partial charge in [0.2, 0.25) is 15.9 Å². The monoisotopic (exact) mass is 384 g/mol. The largest absolute Gasteiger partial charge is 0.495 e. The fraction of sp³-hybridized carbons (Fsp3) is 0.235. The first kappa shape index (κ1) is 19.8. The number of anilines is 1. The van der Waals surface area contributed by atoms with Gasteiger partial charge < -0.3 is 10.1 Å². The third-order valence-electron chi connectivity index (χ3n) is 3.52. The van der Waals surface area contributed by atoms with Crippen molar-refractivity contribution in [3.63, 3.8) is 0 Å². The van der Waals surface area contributed by atoms with Crippen LogP contribution in [0.5, 0.6) is 5.75 Å². The van der Waals surface area contributed by atoms with Crippen LogP contribution in [0.15, 0.2) is 41.3 Å². The fourth-order valence-corrected chi connectivity index (χ4v) is 3.62. The molecule has 0 saturated carbocycles. The summed E-state index contributed by atoms with van der Waals surface area (Å²) >= 11 is 0. The van der Waals surface area contributed by atoms with E-state index in [9.17, 15) is 22.0 Å². The first-order valence-electron chi connectivity index (χ1n) is 7.57. The number of hydrogen-bond acceptors (Lipinski definition) is 4. The molecule has 9 heteroatoms. The number of benzene rings is 2. The Labute approximate surface area is 150 Å². The molecule has 1 atom stereocenters. The Balaban J connectivity index is 2.17. The molecule has 1 unspecified atom stereocenters. The number of rotatable bonds is 6. The quantitative estimate of drug-likeness (QED) is 0.802. The maximum atomic E-state index is 13.2. The average Bonchev–Trinajstić information content (AvgIpc) is 2.57. The molecule has 140 valence electrons. The molecule has 26 heavy (non-hydrogen) atoms. The summed E-state index contributed by atoms with van der Waals surface area (Å²) in [5.41, 5.74) is 0.707. The second-order valence-electron chi connectivity index (χ2n) is 5.62. The van der Waals surface area contributed by atoms with Crippen LogP contribution in [-0.2, 0) is 14.8 Å². The lowest BCUT2D eigenvalue weighted by Crippen LogP contribution is -2.41. The van der Waals surface area contributed by atoms with Crippen molar-refractivity contribution in [2.75, 3.05) is 12.4 Å². The number of methoxy groups -OCH3 is 1. The van der Waals surface area contributed by atoms with E-state index in [0.717, 1.165) is 12.1 Å². The molecule has 0 aliphatic carbocycles. The van der Waals surface area contributed by atoms with Crippen molar-refractivity contribution < 1.29 is 26.7 Å². The second kappa shape index (κ2) is 7.79. The predicted molar refractivity (Wildman–Crippen MR) is 92.5 cm³/mol. The molecule has 1 amide bonds. The van der Waals surface area contributed by atoms with E-state index in [-0.39, 0.29) is 16.3 Å². The topological polar surface area (TPSA) is 84.5 Å². The molecule has 0 spiro atoms. The summed E-state index contributed by atoms with van der Waals surface area (Å²) in [7, 11) is -2.71. The van der Waals surface area contributed by atoms with Crippen molar-refractivity contribution in [3.05, 3.63) is 53.6 Å². The molecular formula is C17H18F2N2O4S. The van der Waals surface area contributed by atoms with Crippen molar-refractivity contribution >= 4 is 21.6 Å². The molecule has 6 nitrogen and oxygen atoms in total. The number of halogens is 2. The van der Waals surface area contributed by atoms with Crippen LogP contribution in [-0.4, -0.2) is 27.5 Å². The van der Waals surface area contributed by atoms with Gasteiger partial charge in [0.15, 0.2) is 11.6 Å². The zero-order valence-electron chi connectivity index (χ0n) is 14.3. The molecular weight excluding hydrogens is 366 g/mol. The zero-order valence-corrected chi connectivity index (χ0v) is 15.2. The minimum atomic E-state index is -4.05. The van der Waals surface area contributed by atoms with Gasteiger partial charge in [-0.1, -0.05) is 6.07 Å². The lowest BCUT2D eigenvalue weighted by Gasteiger charge is -2.16. The average molecular weight is 384 g/mol. The summed E-state index contributed by atoms with van der Waals surface area (Å²) in [6.07, 6.45) is 0. The maximum absolute atomic E-state index is 13.2. The molecule has 0 fully saturated rings. The van der Waals surface area contributed by atoms with Crippen molar-refractivity contribution in [2.24, 2.45) is 0 Å². The van der Waals surface area contributed by atoms with E-state index < -0.39 is 33.6 Å². The molecule has 2 N–H and O–H groups in total. The highest BCUT2D eigenvalue weighted by Gasteiger charge is 2.25. The highest BCUT2D eigenvalue weighted by molar-refractivity contribution is 7.89. The van der Waals surface area contributed by atoms with Crippen LogP contribution in [0, 0.1) is 18.6 Å². The highest BCUT2D eigenvalue weighted by Crippen LogP contribution is 2.24. The third-order valence-corrected chi connectivity index (χ3v) is 5.08. The number of amides is 1. The minimum absolute atomic E-state index is 0.00749. The van der Waals surface area contributed by atoms with Gasteiger partial charge in [-0.2, -0.15) is 4.72 Å². The molecule has 2 aromatic carbocycles. The summed E-state index contributed by atoms with van der Waals surface area (Å²) in [6.45, 7) is 3.05. The van der Waals surface area contributed by atoms with E-state index in [2.05, 4.69) is 10.0 Å². The number of carbonyl (C=O) groups excluding carboxylic acids is 1. The van der Waals surface area contributed by atoms with Crippen molar-refractivity contribution in [1.29, 1.82) is 0 Å². The predicted octanol–water partition coefficient (Wildman–Crippen LogP) is 2.59. The van der Waals surface area contributed by atoms with Crippen LogP contribution in [0.4, 0.5) is 14.5 Å². The lowest BCUT2D eigenvalue weighted by molar-refractivity contribution is -0.117. The van der Waals surface area contributed by atoms with E-state index in [1.165, 1.54) is 32.2 Å². The van der Waals surface area contributed by atoms with Gasteiger partial charge in [-0.15, -0.1) is 0 Å². The van der Waals surface area contributed by atoms with Gasteiger partial charge in [-0.3, -0.25) is 4.79 Å². The molecule has 0 aliphatic rings. The van der Waals surface area contributed by atoms with Gasteiger partial charge in [0.1, 0.15) is 10.6 Å². The SMILES string of the molecule is COc1ccc(C)cc1S(=O)(=O)NC(C)C(=O)Nc1ccc(F)c(F)c1. The van der Waals surface area contributed by atoms with Gasteiger partial charge in [0, 0.05) is 11.8 Å². The Bertz CT molecular complexity index is 932. The van der Waals surface area contributed by atoms with E-state index in [1.54, 1.807) is 13.0 Å². The van der Waals surface area contributed by atoms with E-state index >= 15 is 0 Å². The highest BCUT2D eigenvalue weighted by atomic mass is 32.2. The van der Waals surface area contributed by atoms with Crippen molar-refractivity contribution in [2.45, 2.75) is 24.8 Å². The Morgan fingerprint density at radius 3 is 2.42 bits per heavy atom. The third kappa shape index (κ3) is 4.55. The Morgan fingerprint density at radius 2 is 1.81 bits per heavy atom. The Kier molecular flexibility index (Phi) is 5.94. The van der Waals surface area contributed by atoms with Crippen LogP contribution in [0.2, 0.25) is 0 Å². The standard InChI is InChI=1S/C17H18F2N2O4S/c1-10-4-7-15(25-3)16(8-10)26(23,24)21-11(2)17(22)20-12-5-6-13(18)14(19)9-12/h4-9,11,21H,1-3H3,(H,20,22). The summed E-state index contributed by atoms with van der Waals surface area (Å²) in [4.78, 5) is 12.0. The zero-order chi connectivity index (χ0) is 19.5. The molecule has 0 aliphatic heterocycles. The molecule has 0 radical (unpaired) electrons. The first-order chi connectivity index (χ1) is 12.1. The van der Waals surface area contributed by atoms with Crippen LogP contribution >= 0.6 is 0 Å². The summed E-state index contributed by atoms with van der Waals surface area (Å²) in [5, 5.41) is 2.32. The van der Waals surface area contributed by atoms with Crippen molar-refractivity contribution in [1.82, 2.24) is 4.72 Å². The number of carbonyl (C=O) groups is 1. The fourth-order valence-electron chi connectivity index (χ4n) is 2.17. The van der Waals surface area contributed by atoms with Gasteiger partial charge in [0.25, 0.3) is 0 Å². The number of ether oxygens (including phenoxy) is 1. The summed E-state index contributed by atoms with van der Waals surface area (Å²) < 4.78 is 58.5. The molecule has 2 rings (SSSR count). The molecule has 0 bridgehead atoms. The smallest absolute Gasteiger partial charge is 0.244 e. The summed E-state index contributed by atoms with van der Waals surface area (Å²) in [6, 6.07) is 6.28. The normalized spacial score (nSPS) is 12.5. The van der Waals surface area contributed by atoms with E-state index in [4.69, 9.17) is 4.74 Å². The van der Waals surface area contributed by atoms with Gasteiger partial charge in [0.05, 0.1) is 13.2 Å². The number of sulfonamides is 1. The van der Waals surface area contributed by atoms with E-state index in [1.807, 2.05) is 0 Å². The Morgan fingerprint density at radius 1 is 1.12 bits per heavy atom. The molecule has 0 heterocycles. The number of aryl methyl sites for hydroxylation is 1. The van der Waals surface area contributed by atoms with Gasteiger partial charge in [-0.25, -0.2) is 17.2 Å². The van der Waals surface area contributed by atoms with Gasteiger partial charge in [-0.05, 0) is 43.7 Å². The van der Waals surface area contributed by atoms with Crippen molar-refractivity contribution in [3.8, 4) is 5.75 Å². The first-order valence-corrected chi connectivity index (χ1v) is 9.05. The Hall–Kier alpha value is -2.52. The second-order valence-corrected chi connectivity index (χ2v) is 7.30. The van der Waals surface area contributed by atoms with Gasteiger partial charge >= 0.3 is 0 Å². The molecule has 0 aromatic heterocycles. The van der Waals surface area contributed by atoms with Crippen LogP contribution < -0.4 is 14.8 Å². The lowest BCUT2D eigenvalue weighted by atomic mass is 10.2. The summed E-state index contributed by atoms with van der Waals surface area (Å²) in [5.74, 6) is -2.77. The number of hydrogen-bond donors (Lipinski definition) is 2. The number of nitrogens with one attached hydrogen (secondary N) is 2. The van der Waals surface area contributed by atoms with Crippen LogP contribution in [0.1, 0.15) is 12.5 Å². The van der Waals surface area contributed by atoms with Crippen LogP contribution in [0.3, 0.4) is 0 Å². The van der Waals surface area contributed by atoms with Crippen LogP contribution in [0.25, 0.3) is 0 Å². The maximum Gasteiger partial charge on any atom is 0.244 e. The molecule has 0 saturated heterocycles. The minimum Gasteiger partial charge on any atom is -0.495 e.